The van der Waals surface area contributed by atoms with E-state index < -0.39 is 0 Å². The molecule has 122 valence electrons. The fraction of sp³-hybridized carbons (Fsp3) is 0.0588. The normalized spacial score (nSPS) is 10.5. The molecule has 0 spiro atoms. The predicted octanol–water partition coefficient (Wildman–Crippen LogP) is 4.87. The van der Waals surface area contributed by atoms with Crippen LogP contribution in [0.5, 0.6) is 5.88 Å². The predicted molar refractivity (Wildman–Crippen MR) is 107 cm³/mol. The lowest BCUT2D eigenvalue weighted by Crippen LogP contribution is -2.04. The van der Waals surface area contributed by atoms with E-state index >= 15 is 0 Å². The third-order valence-electron chi connectivity index (χ3n) is 3.32. The highest BCUT2D eigenvalue weighted by atomic mass is 32.2. The van der Waals surface area contributed by atoms with Crippen LogP contribution in [0.15, 0.2) is 60.7 Å². The summed E-state index contributed by atoms with van der Waals surface area (Å²) >= 11 is 12.1. The summed E-state index contributed by atoms with van der Waals surface area (Å²) in [4.78, 5) is 3.05. The molecule has 7 heteroatoms. The van der Waals surface area contributed by atoms with Crippen LogP contribution in [-0.4, -0.2) is 19.0 Å². The number of aromatic nitrogens is 2. The molecular weight excluding hydrogens is 358 g/mol. The summed E-state index contributed by atoms with van der Waals surface area (Å²) in [7, 11) is 0. The summed E-state index contributed by atoms with van der Waals surface area (Å²) in [6, 6.07) is 19.2. The van der Waals surface area contributed by atoms with Gasteiger partial charge in [-0.1, -0.05) is 60.4 Å². The molecule has 1 heterocycles. The summed E-state index contributed by atoms with van der Waals surface area (Å²) in [6.07, 6.45) is 0. The van der Waals surface area contributed by atoms with Crippen molar-refractivity contribution in [2.75, 3.05) is 5.32 Å². The number of rotatable bonds is 4. The van der Waals surface area contributed by atoms with Crippen molar-refractivity contribution in [1.82, 2.24) is 9.55 Å². The Morgan fingerprint density at radius 1 is 1.08 bits per heavy atom. The molecule has 3 N–H and O–H groups in total. The van der Waals surface area contributed by atoms with Crippen molar-refractivity contribution in [3.05, 3.63) is 71.1 Å². The van der Waals surface area contributed by atoms with Crippen LogP contribution >= 0.6 is 36.2 Å². The highest BCUT2D eigenvalue weighted by Crippen LogP contribution is 2.26. The number of aromatic hydroxyl groups is 1. The summed E-state index contributed by atoms with van der Waals surface area (Å²) in [6.45, 7) is 0. The van der Waals surface area contributed by atoms with Gasteiger partial charge in [0.2, 0.25) is 5.88 Å². The van der Waals surface area contributed by atoms with E-state index in [1.54, 1.807) is 4.57 Å². The SMILES string of the molecule is Oc1c(CSC(=S)Nc2ccccc2)[nH]c(=S)n1-c1ccccc1. The lowest BCUT2D eigenvalue weighted by molar-refractivity contribution is 0.437. The van der Waals surface area contributed by atoms with E-state index in [0.717, 1.165) is 11.4 Å². The first kappa shape index (κ1) is 16.8. The Bertz CT molecular complexity index is 888. The Morgan fingerprint density at radius 2 is 1.71 bits per heavy atom. The van der Waals surface area contributed by atoms with Gasteiger partial charge in [0.1, 0.15) is 4.32 Å². The van der Waals surface area contributed by atoms with E-state index in [1.165, 1.54) is 11.8 Å². The van der Waals surface area contributed by atoms with Gasteiger partial charge in [0.25, 0.3) is 0 Å². The quantitative estimate of drug-likeness (QED) is 0.570. The van der Waals surface area contributed by atoms with Gasteiger partial charge in [-0.15, -0.1) is 0 Å². The summed E-state index contributed by atoms with van der Waals surface area (Å²) < 4.78 is 2.70. The number of H-pyrrole nitrogens is 1. The van der Waals surface area contributed by atoms with E-state index in [-0.39, 0.29) is 5.88 Å². The van der Waals surface area contributed by atoms with Gasteiger partial charge in [-0.2, -0.15) is 0 Å². The van der Waals surface area contributed by atoms with Crippen molar-refractivity contribution in [2.24, 2.45) is 0 Å². The summed E-state index contributed by atoms with van der Waals surface area (Å²) in [5.74, 6) is 0.606. The van der Waals surface area contributed by atoms with Crippen LogP contribution in [0.2, 0.25) is 0 Å². The lowest BCUT2D eigenvalue weighted by atomic mass is 10.3. The molecule has 0 saturated heterocycles. The Kier molecular flexibility index (Phi) is 5.34. The van der Waals surface area contributed by atoms with Crippen LogP contribution in [0.25, 0.3) is 5.69 Å². The third kappa shape index (κ3) is 3.87. The van der Waals surface area contributed by atoms with Gasteiger partial charge < -0.3 is 15.4 Å². The van der Waals surface area contributed by atoms with E-state index in [2.05, 4.69) is 10.3 Å². The van der Waals surface area contributed by atoms with E-state index in [9.17, 15) is 5.11 Å². The van der Waals surface area contributed by atoms with Crippen LogP contribution in [0, 0.1) is 4.77 Å². The molecule has 0 aliphatic carbocycles. The largest absolute Gasteiger partial charge is 0.493 e. The van der Waals surface area contributed by atoms with E-state index in [1.807, 2.05) is 60.7 Å². The molecule has 3 aromatic rings. The van der Waals surface area contributed by atoms with Crippen LogP contribution in [0.4, 0.5) is 5.69 Å². The zero-order valence-corrected chi connectivity index (χ0v) is 15.0. The van der Waals surface area contributed by atoms with Crippen molar-refractivity contribution in [3.8, 4) is 11.6 Å². The zero-order valence-electron chi connectivity index (χ0n) is 12.6. The second-order valence-electron chi connectivity index (χ2n) is 4.97. The Morgan fingerprint density at radius 3 is 2.38 bits per heavy atom. The molecule has 4 nitrogen and oxygen atoms in total. The minimum absolute atomic E-state index is 0.112. The maximum absolute atomic E-state index is 10.5. The van der Waals surface area contributed by atoms with Crippen molar-refractivity contribution in [3.63, 3.8) is 0 Å². The molecule has 0 unspecified atom stereocenters. The number of thioether (sulfide) groups is 1. The van der Waals surface area contributed by atoms with Crippen LogP contribution in [0.1, 0.15) is 5.69 Å². The van der Waals surface area contributed by atoms with Gasteiger partial charge >= 0.3 is 0 Å². The molecule has 0 radical (unpaired) electrons. The van der Waals surface area contributed by atoms with Gasteiger partial charge in [-0.05, 0) is 36.5 Å². The topological polar surface area (TPSA) is 53.0 Å². The molecule has 0 bridgehead atoms. The molecule has 0 amide bonds. The zero-order chi connectivity index (χ0) is 16.9. The number of aromatic amines is 1. The maximum Gasteiger partial charge on any atom is 0.218 e. The van der Waals surface area contributed by atoms with E-state index in [0.29, 0.717) is 20.5 Å². The van der Waals surface area contributed by atoms with Crippen LogP contribution in [-0.2, 0) is 5.75 Å². The van der Waals surface area contributed by atoms with Crippen molar-refractivity contribution in [2.45, 2.75) is 5.75 Å². The van der Waals surface area contributed by atoms with Gasteiger partial charge in [0, 0.05) is 11.4 Å². The van der Waals surface area contributed by atoms with Crippen LogP contribution < -0.4 is 5.32 Å². The number of hydrogen-bond acceptors (Lipinski definition) is 4. The number of imidazole rings is 1. The Balaban J connectivity index is 1.70. The number of anilines is 1. The Hall–Kier alpha value is -2.09. The third-order valence-corrected chi connectivity index (χ3v) is 4.86. The minimum Gasteiger partial charge on any atom is -0.493 e. The van der Waals surface area contributed by atoms with Gasteiger partial charge in [0.15, 0.2) is 4.77 Å². The Labute approximate surface area is 154 Å². The van der Waals surface area contributed by atoms with Crippen molar-refractivity contribution < 1.29 is 5.11 Å². The molecule has 3 rings (SSSR count). The molecule has 0 fully saturated rings. The number of para-hydroxylation sites is 2. The molecule has 0 aliphatic heterocycles. The fourth-order valence-corrected chi connectivity index (χ4v) is 3.48. The van der Waals surface area contributed by atoms with Gasteiger partial charge in [0.05, 0.1) is 11.4 Å². The second kappa shape index (κ2) is 7.65. The number of nitrogens with zero attached hydrogens (tertiary/aromatic N) is 1. The molecule has 0 saturated carbocycles. The molecule has 2 aromatic carbocycles. The maximum atomic E-state index is 10.5. The number of hydrogen-bond donors (Lipinski definition) is 3. The minimum atomic E-state index is 0.112. The monoisotopic (exact) mass is 373 g/mol. The highest BCUT2D eigenvalue weighted by Gasteiger charge is 2.13. The van der Waals surface area contributed by atoms with Gasteiger partial charge in [-0.25, -0.2) is 0 Å². The average molecular weight is 374 g/mol. The van der Waals surface area contributed by atoms with Crippen molar-refractivity contribution >= 4 is 46.2 Å². The van der Waals surface area contributed by atoms with E-state index in [4.69, 9.17) is 24.4 Å². The molecule has 24 heavy (non-hydrogen) atoms. The van der Waals surface area contributed by atoms with Gasteiger partial charge in [-0.3, -0.25) is 4.57 Å². The highest BCUT2D eigenvalue weighted by molar-refractivity contribution is 8.22. The number of thiocarbonyl (C=S) groups is 1. The standard InChI is InChI=1S/C17H15N3OS3/c21-15-14(11-24-17(23)18-12-7-3-1-4-8-12)19-16(22)20(15)13-9-5-2-6-10-13/h1-10,21H,11H2,(H,18,23)(H,19,22). The molecular formula is C17H15N3OS3. The first-order valence-electron chi connectivity index (χ1n) is 7.22. The fourth-order valence-electron chi connectivity index (χ4n) is 2.20. The number of nitrogens with one attached hydrogen (secondary N) is 2. The number of benzene rings is 2. The molecule has 0 aliphatic rings. The smallest absolute Gasteiger partial charge is 0.218 e. The first-order valence-corrected chi connectivity index (χ1v) is 9.02. The summed E-state index contributed by atoms with van der Waals surface area (Å²) in [5.41, 5.74) is 2.40. The van der Waals surface area contributed by atoms with Crippen LogP contribution in [0.3, 0.4) is 0 Å². The van der Waals surface area contributed by atoms with Crippen molar-refractivity contribution in [1.29, 1.82) is 0 Å². The molecule has 1 aromatic heterocycles. The second-order valence-corrected chi connectivity index (χ2v) is 7.01. The first-order chi connectivity index (χ1) is 11.6. The lowest BCUT2D eigenvalue weighted by Gasteiger charge is -2.07. The summed E-state index contributed by atoms with van der Waals surface area (Å²) in [5, 5.41) is 13.6. The average Bonchev–Trinajstić information content (AvgIpc) is 2.88. The molecule has 0 atom stereocenters.